The second-order valence-electron chi connectivity index (χ2n) is 15.0. The van der Waals surface area contributed by atoms with Crippen molar-refractivity contribution in [2.24, 2.45) is 0 Å². The number of anilines is 6. The number of fused-ring (bicyclic) bond motifs is 3. The fourth-order valence-electron chi connectivity index (χ4n) is 7.82. The molecule has 0 radical (unpaired) electrons. The standard InChI is InChI=1S/C44H32N2.C10H8.C6H6/c1-5-13-39(14-6-1)45(40-15-7-2-8-16-40)43-27-25-35-29-33(21-23-37(35)31-43)34-22-24-38-32-44(28-26-36(38)30-34)46(41-17-9-3-10-18-41)42-19-11-4-12-20-42;1-2-6-10-8-4-3-7-9(10)5-1;1-2-4-6-5-3-1/h1-32H;1-8H;1-6H. The summed E-state index contributed by atoms with van der Waals surface area (Å²) < 4.78 is 0. The van der Waals surface area contributed by atoms with Gasteiger partial charge in [0, 0.05) is 34.1 Å². The molecule has 0 saturated heterocycles. The number of nitrogens with zero attached hydrogens (tertiary/aromatic N) is 2. The molecule has 0 atom stereocenters. The van der Waals surface area contributed by atoms with E-state index in [1.165, 1.54) is 43.4 Å². The van der Waals surface area contributed by atoms with E-state index in [0.29, 0.717) is 0 Å². The highest BCUT2D eigenvalue weighted by molar-refractivity contribution is 5.95. The summed E-state index contributed by atoms with van der Waals surface area (Å²) in [5, 5.41) is 7.49. The summed E-state index contributed by atoms with van der Waals surface area (Å²) >= 11 is 0. The minimum Gasteiger partial charge on any atom is -0.310 e. The molecule has 11 aromatic rings. The molecule has 0 heterocycles. The van der Waals surface area contributed by atoms with Crippen LogP contribution in [-0.2, 0) is 0 Å². The van der Waals surface area contributed by atoms with Gasteiger partial charge in [-0.3, -0.25) is 0 Å². The van der Waals surface area contributed by atoms with Crippen LogP contribution in [0.15, 0.2) is 279 Å². The van der Waals surface area contributed by atoms with Crippen molar-refractivity contribution in [2.75, 3.05) is 9.80 Å². The van der Waals surface area contributed by atoms with Gasteiger partial charge in [-0.2, -0.15) is 0 Å². The highest BCUT2D eigenvalue weighted by Crippen LogP contribution is 2.39. The summed E-state index contributed by atoms with van der Waals surface area (Å²) in [6.07, 6.45) is 0. The van der Waals surface area contributed by atoms with E-state index >= 15 is 0 Å². The van der Waals surface area contributed by atoms with E-state index < -0.39 is 0 Å². The highest BCUT2D eigenvalue weighted by atomic mass is 15.1. The van der Waals surface area contributed by atoms with E-state index in [2.05, 4.69) is 252 Å². The molecular formula is C60H46N2. The monoisotopic (exact) mass is 794 g/mol. The van der Waals surface area contributed by atoms with E-state index in [-0.39, 0.29) is 0 Å². The van der Waals surface area contributed by atoms with Gasteiger partial charge < -0.3 is 9.80 Å². The molecule has 0 bridgehead atoms. The molecule has 0 amide bonds. The molecule has 0 saturated carbocycles. The minimum atomic E-state index is 1.14. The number of hydrogen-bond donors (Lipinski definition) is 0. The quantitative estimate of drug-likeness (QED) is 0.159. The van der Waals surface area contributed by atoms with Crippen molar-refractivity contribution in [3.63, 3.8) is 0 Å². The molecule has 296 valence electrons. The van der Waals surface area contributed by atoms with E-state index in [0.717, 1.165) is 34.1 Å². The Kier molecular flexibility index (Phi) is 12.2. The van der Waals surface area contributed by atoms with Crippen LogP contribution in [0, 0.1) is 0 Å². The Hall–Kier alpha value is -8.20. The lowest BCUT2D eigenvalue weighted by molar-refractivity contribution is 1.29. The summed E-state index contributed by atoms with van der Waals surface area (Å²) in [6.45, 7) is 0. The third-order valence-corrected chi connectivity index (χ3v) is 10.9. The van der Waals surface area contributed by atoms with Crippen molar-refractivity contribution in [1.29, 1.82) is 0 Å². The maximum Gasteiger partial charge on any atom is 0.0468 e. The Morgan fingerprint density at radius 2 is 0.403 bits per heavy atom. The maximum absolute atomic E-state index is 2.31. The first-order valence-electron chi connectivity index (χ1n) is 21.1. The van der Waals surface area contributed by atoms with Gasteiger partial charge >= 0.3 is 0 Å². The summed E-state index contributed by atoms with van der Waals surface area (Å²) in [4.78, 5) is 4.61. The van der Waals surface area contributed by atoms with Crippen molar-refractivity contribution in [3.8, 4) is 11.1 Å². The Balaban J connectivity index is 0.000000254. The second-order valence-corrected chi connectivity index (χ2v) is 15.0. The SMILES string of the molecule is c1ccc(N(c2ccccc2)c2ccc3cc(-c4ccc5cc(N(c6ccccc6)c6ccccc6)ccc5c4)ccc3c2)cc1.c1ccc2ccccc2c1.c1ccccc1. The van der Waals surface area contributed by atoms with Gasteiger partial charge in [0.05, 0.1) is 0 Å². The van der Waals surface area contributed by atoms with Crippen molar-refractivity contribution in [1.82, 2.24) is 0 Å². The predicted molar refractivity (Wildman–Crippen MR) is 267 cm³/mol. The first-order valence-corrected chi connectivity index (χ1v) is 21.1. The summed E-state index contributed by atoms with van der Waals surface area (Å²) in [5.74, 6) is 0. The van der Waals surface area contributed by atoms with Gasteiger partial charge in [0.15, 0.2) is 0 Å². The van der Waals surface area contributed by atoms with Crippen LogP contribution < -0.4 is 9.80 Å². The Morgan fingerprint density at radius 3 is 0.710 bits per heavy atom. The zero-order valence-electron chi connectivity index (χ0n) is 34.5. The molecule has 0 aliphatic heterocycles. The lowest BCUT2D eigenvalue weighted by Gasteiger charge is -2.26. The summed E-state index contributed by atoms with van der Waals surface area (Å²) in [5.41, 5.74) is 9.26. The molecule has 2 heteroatoms. The average Bonchev–Trinajstić information content (AvgIpc) is 3.36. The smallest absolute Gasteiger partial charge is 0.0468 e. The van der Waals surface area contributed by atoms with E-state index in [1.807, 2.05) is 36.4 Å². The van der Waals surface area contributed by atoms with Gasteiger partial charge in [0.25, 0.3) is 0 Å². The lowest BCUT2D eigenvalue weighted by atomic mass is 9.98. The molecular weight excluding hydrogens is 749 g/mol. The third-order valence-electron chi connectivity index (χ3n) is 10.9. The Labute approximate surface area is 364 Å². The maximum atomic E-state index is 2.31. The van der Waals surface area contributed by atoms with Crippen LogP contribution in [0.1, 0.15) is 0 Å². The molecule has 0 unspecified atom stereocenters. The van der Waals surface area contributed by atoms with E-state index in [4.69, 9.17) is 0 Å². The van der Waals surface area contributed by atoms with Crippen LogP contribution in [-0.4, -0.2) is 0 Å². The molecule has 2 nitrogen and oxygen atoms in total. The number of para-hydroxylation sites is 4. The molecule has 0 N–H and O–H groups in total. The van der Waals surface area contributed by atoms with Gasteiger partial charge in [0.2, 0.25) is 0 Å². The van der Waals surface area contributed by atoms with Crippen molar-refractivity contribution in [3.05, 3.63) is 279 Å². The molecule has 0 aliphatic carbocycles. The fraction of sp³-hybridized carbons (Fsp3) is 0. The van der Waals surface area contributed by atoms with E-state index in [1.54, 1.807) is 0 Å². The van der Waals surface area contributed by atoms with Crippen LogP contribution in [0.5, 0.6) is 0 Å². The minimum absolute atomic E-state index is 1.14. The zero-order valence-corrected chi connectivity index (χ0v) is 34.5. The second kappa shape index (κ2) is 19.2. The van der Waals surface area contributed by atoms with Gasteiger partial charge in [-0.05, 0) is 128 Å². The van der Waals surface area contributed by atoms with Crippen molar-refractivity contribution in [2.45, 2.75) is 0 Å². The lowest BCUT2D eigenvalue weighted by Crippen LogP contribution is -2.09. The van der Waals surface area contributed by atoms with Crippen LogP contribution >= 0.6 is 0 Å². The van der Waals surface area contributed by atoms with Gasteiger partial charge in [-0.15, -0.1) is 0 Å². The molecule has 0 aromatic heterocycles. The fourth-order valence-corrected chi connectivity index (χ4v) is 7.82. The first kappa shape index (κ1) is 39.3. The molecule has 62 heavy (non-hydrogen) atoms. The average molecular weight is 795 g/mol. The Bertz CT molecular complexity index is 2780. The zero-order chi connectivity index (χ0) is 41.8. The molecule has 11 rings (SSSR count). The van der Waals surface area contributed by atoms with Crippen LogP contribution in [0.4, 0.5) is 34.1 Å². The molecule has 0 spiro atoms. The van der Waals surface area contributed by atoms with Crippen molar-refractivity contribution < 1.29 is 0 Å². The molecule has 0 fully saturated rings. The van der Waals surface area contributed by atoms with Crippen molar-refractivity contribution >= 4 is 66.4 Å². The van der Waals surface area contributed by atoms with Gasteiger partial charge in [-0.25, -0.2) is 0 Å². The largest absolute Gasteiger partial charge is 0.310 e. The topological polar surface area (TPSA) is 6.48 Å². The van der Waals surface area contributed by atoms with Crippen LogP contribution in [0.3, 0.4) is 0 Å². The van der Waals surface area contributed by atoms with Gasteiger partial charge in [0.1, 0.15) is 0 Å². The Morgan fingerprint density at radius 1 is 0.161 bits per heavy atom. The first-order chi connectivity index (χ1) is 30.8. The van der Waals surface area contributed by atoms with Crippen LogP contribution in [0.25, 0.3) is 43.4 Å². The highest BCUT2D eigenvalue weighted by Gasteiger charge is 2.14. The molecule has 0 aliphatic rings. The summed E-state index contributed by atoms with van der Waals surface area (Å²) in [7, 11) is 0. The van der Waals surface area contributed by atoms with Crippen LogP contribution in [0.2, 0.25) is 0 Å². The third kappa shape index (κ3) is 9.31. The summed E-state index contributed by atoms with van der Waals surface area (Å²) in [6, 6.07) is 98.0. The van der Waals surface area contributed by atoms with E-state index in [9.17, 15) is 0 Å². The number of rotatable bonds is 7. The molecule has 11 aromatic carbocycles. The number of hydrogen-bond acceptors (Lipinski definition) is 2. The van der Waals surface area contributed by atoms with Gasteiger partial charge in [-0.1, -0.05) is 194 Å². The predicted octanol–water partition coefficient (Wildman–Crippen LogP) is 17.1. The number of benzene rings is 11. The normalized spacial score (nSPS) is 10.6.